The minimum atomic E-state index is -0.617. The molecule has 1 aliphatic rings. The molecule has 3 N–H and O–H groups in total. The number of nitrogens with zero attached hydrogens (tertiary/aromatic N) is 2. The van der Waals surface area contributed by atoms with Gasteiger partial charge < -0.3 is 24.7 Å². The normalized spacial score (nSPS) is 14.9. The van der Waals surface area contributed by atoms with E-state index >= 15 is 0 Å². The van der Waals surface area contributed by atoms with Crippen molar-refractivity contribution in [1.82, 2.24) is 20.6 Å². The van der Waals surface area contributed by atoms with Crippen molar-refractivity contribution >= 4 is 57.9 Å². The Bertz CT molecular complexity index is 1750. The predicted molar refractivity (Wildman–Crippen MR) is 171 cm³/mol. The van der Waals surface area contributed by atoms with Crippen molar-refractivity contribution < 1.29 is 19.1 Å². The second kappa shape index (κ2) is 13.5. The Morgan fingerprint density at radius 3 is 2.65 bits per heavy atom. The van der Waals surface area contributed by atoms with Gasteiger partial charge in [-0.25, -0.2) is 10.2 Å². The summed E-state index contributed by atoms with van der Waals surface area (Å²) in [5.74, 6) is -0.499. The van der Waals surface area contributed by atoms with Gasteiger partial charge in [-0.15, -0.1) is 0 Å². The summed E-state index contributed by atoms with van der Waals surface area (Å²) in [4.78, 5) is 25.5. The van der Waals surface area contributed by atoms with E-state index in [1.165, 1.54) is 0 Å². The molecule has 0 saturated heterocycles. The van der Waals surface area contributed by atoms with Crippen molar-refractivity contribution in [2.45, 2.75) is 26.4 Å². The molecule has 1 amide bonds. The number of para-hydroxylation sites is 2. The van der Waals surface area contributed by atoms with Crippen LogP contribution in [0.4, 0.5) is 0 Å². The van der Waals surface area contributed by atoms with Crippen LogP contribution in [0.2, 0.25) is 5.02 Å². The zero-order chi connectivity index (χ0) is 30.3. The van der Waals surface area contributed by atoms with Gasteiger partial charge in [0.05, 0.1) is 24.4 Å². The molecule has 4 aromatic rings. The second-order valence-corrected chi connectivity index (χ2v) is 10.5. The first kappa shape index (κ1) is 29.8. The van der Waals surface area contributed by atoms with Crippen LogP contribution in [-0.4, -0.2) is 41.0 Å². The zero-order valence-corrected chi connectivity index (χ0v) is 25.2. The molecule has 0 fully saturated rings. The van der Waals surface area contributed by atoms with Crippen molar-refractivity contribution in [2.75, 3.05) is 13.2 Å². The van der Waals surface area contributed by atoms with E-state index < -0.39 is 17.9 Å². The zero-order valence-electron chi connectivity index (χ0n) is 23.6. The van der Waals surface area contributed by atoms with Crippen LogP contribution in [0, 0.1) is 0 Å². The van der Waals surface area contributed by atoms with Gasteiger partial charge in [-0.2, -0.15) is 5.10 Å². The fraction of sp³-hybridized carbons (Fsp3) is 0.188. The lowest BCUT2D eigenvalue weighted by molar-refractivity contribution is -0.139. The first-order valence-corrected chi connectivity index (χ1v) is 14.4. The number of allylic oxidation sites excluding steroid dienone is 1. The number of halogens is 1. The lowest BCUT2D eigenvalue weighted by Gasteiger charge is -2.30. The monoisotopic (exact) mass is 615 g/mol. The summed E-state index contributed by atoms with van der Waals surface area (Å²) in [6.07, 6.45) is 3.58. The number of amides is 1. The molecule has 0 radical (unpaired) electrons. The van der Waals surface area contributed by atoms with Crippen molar-refractivity contribution in [1.29, 1.82) is 0 Å². The number of esters is 1. The number of ether oxygens (including phenoxy) is 2. The summed E-state index contributed by atoms with van der Waals surface area (Å²) < 4.78 is 13.3. The van der Waals surface area contributed by atoms with Crippen LogP contribution in [0.15, 0.2) is 95.4 Å². The van der Waals surface area contributed by atoms with Gasteiger partial charge >= 0.3 is 5.97 Å². The lowest BCUT2D eigenvalue weighted by Crippen LogP contribution is -2.45. The molecule has 0 spiro atoms. The number of hydrogen-bond acceptors (Lipinski definition) is 6. The first-order chi connectivity index (χ1) is 20.9. The standard InChI is InChI=1S/C32H30ClN5O4S/c1-3-41-31(40)29-20(2)35-32(43)36-30(29)24-12-6-9-15-27(24)42-19-28(39)37-34-16-22-18-38(26-14-8-5-11-23(22)26)17-21-10-4-7-13-25(21)33/h4-16,18,30H,3,17,19H2,1-2H3,(H,37,39)(H2,35,36,43)/t30-/m1/s1. The summed E-state index contributed by atoms with van der Waals surface area (Å²) in [7, 11) is 0. The predicted octanol–water partition coefficient (Wildman–Crippen LogP) is 5.23. The third kappa shape index (κ3) is 6.87. The van der Waals surface area contributed by atoms with E-state index in [0.717, 1.165) is 22.0 Å². The topological polar surface area (TPSA) is 106 Å². The number of rotatable bonds is 10. The molecule has 9 nitrogen and oxygen atoms in total. The average Bonchev–Trinajstić information content (AvgIpc) is 3.34. The summed E-state index contributed by atoms with van der Waals surface area (Å²) in [5.41, 5.74) is 7.01. The first-order valence-electron chi connectivity index (χ1n) is 13.7. The van der Waals surface area contributed by atoms with Gasteiger partial charge in [0.15, 0.2) is 11.7 Å². The van der Waals surface area contributed by atoms with E-state index in [-0.39, 0.29) is 13.2 Å². The molecule has 1 aliphatic heterocycles. The summed E-state index contributed by atoms with van der Waals surface area (Å²) in [5, 5.41) is 12.3. The molecule has 2 heterocycles. The quantitative estimate of drug-likeness (QED) is 0.0971. The van der Waals surface area contributed by atoms with Crippen molar-refractivity contribution in [3.63, 3.8) is 0 Å². The number of carbonyl (C=O) groups is 2. The smallest absolute Gasteiger partial charge is 0.338 e. The maximum atomic E-state index is 12.8. The van der Waals surface area contributed by atoms with Crippen LogP contribution in [0.5, 0.6) is 5.75 Å². The molecule has 1 aromatic heterocycles. The Kier molecular flexibility index (Phi) is 9.38. The molecule has 5 rings (SSSR count). The van der Waals surface area contributed by atoms with Crippen LogP contribution in [0.1, 0.15) is 36.6 Å². The summed E-state index contributed by atoms with van der Waals surface area (Å²) >= 11 is 11.7. The van der Waals surface area contributed by atoms with Crippen LogP contribution < -0.4 is 20.8 Å². The van der Waals surface area contributed by atoms with Crippen molar-refractivity contribution in [2.24, 2.45) is 5.10 Å². The molecule has 0 aliphatic carbocycles. The van der Waals surface area contributed by atoms with E-state index in [0.29, 0.717) is 39.3 Å². The summed E-state index contributed by atoms with van der Waals surface area (Å²) in [6, 6.07) is 22.2. The number of thiocarbonyl (C=S) groups is 1. The highest BCUT2D eigenvalue weighted by molar-refractivity contribution is 7.80. The minimum Gasteiger partial charge on any atom is -0.483 e. The SMILES string of the molecule is CCOC(=O)C1=C(C)NC(=S)N[C@@H]1c1ccccc1OCC(=O)NN=Cc1cn(Cc2ccccc2Cl)c2ccccc12. The number of benzene rings is 3. The highest BCUT2D eigenvalue weighted by atomic mass is 35.5. The van der Waals surface area contributed by atoms with Gasteiger partial charge in [0.25, 0.3) is 5.91 Å². The van der Waals surface area contributed by atoms with Crippen molar-refractivity contribution in [3.05, 3.63) is 112 Å². The molecular formula is C32H30ClN5O4S. The Balaban J connectivity index is 1.28. The van der Waals surface area contributed by atoms with Crippen LogP contribution >= 0.6 is 23.8 Å². The second-order valence-electron chi connectivity index (χ2n) is 9.73. The number of hydrazone groups is 1. The maximum absolute atomic E-state index is 12.8. The van der Waals surface area contributed by atoms with E-state index in [1.807, 2.05) is 66.9 Å². The van der Waals surface area contributed by atoms with E-state index in [2.05, 4.69) is 25.7 Å². The van der Waals surface area contributed by atoms with E-state index in [1.54, 1.807) is 32.2 Å². The fourth-order valence-corrected chi connectivity index (χ4v) is 5.39. The Labute approximate surface area is 259 Å². The molecule has 1 atom stereocenters. The average molecular weight is 616 g/mol. The van der Waals surface area contributed by atoms with E-state index in [9.17, 15) is 9.59 Å². The number of fused-ring (bicyclic) bond motifs is 1. The van der Waals surface area contributed by atoms with Gasteiger partial charge in [0.1, 0.15) is 5.75 Å². The van der Waals surface area contributed by atoms with Crippen LogP contribution in [0.3, 0.4) is 0 Å². The van der Waals surface area contributed by atoms with Crippen LogP contribution in [-0.2, 0) is 20.9 Å². The Morgan fingerprint density at radius 1 is 1.09 bits per heavy atom. The van der Waals surface area contributed by atoms with Gasteiger partial charge in [0.2, 0.25) is 0 Å². The highest BCUT2D eigenvalue weighted by Crippen LogP contribution is 2.33. The molecule has 0 saturated carbocycles. The molecule has 11 heteroatoms. The number of nitrogens with one attached hydrogen (secondary N) is 3. The highest BCUT2D eigenvalue weighted by Gasteiger charge is 2.32. The molecule has 43 heavy (non-hydrogen) atoms. The molecule has 0 unspecified atom stereocenters. The minimum absolute atomic E-state index is 0.230. The molecule has 220 valence electrons. The van der Waals surface area contributed by atoms with E-state index in [4.69, 9.17) is 33.3 Å². The third-order valence-corrected chi connectivity index (χ3v) is 7.45. The molecule has 0 bridgehead atoms. The molecule has 3 aromatic carbocycles. The Morgan fingerprint density at radius 2 is 1.84 bits per heavy atom. The number of carbonyl (C=O) groups excluding carboxylic acids is 2. The van der Waals surface area contributed by atoms with Gasteiger partial charge in [-0.05, 0) is 49.8 Å². The fourth-order valence-electron chi connectivity index (χ4n) is 4.93. The molecular weight excluding hydrogens is 586 g/mol. The maximum Gasteiger partial charge on any atom is 0.338 e. The van der Waals surface area contributed by atoms with Gasteiger partial charge in [0, 0.05) is 45.5 Å². The summed E-state index contributed by atoms with van der Waals surface area (Å²) in [6.45, 7) is 4.03. The van der Waals surface area contributed by atoms with Gasteiger partial charge in [-0.3, -0.25) is 4.79 Å². The van der Waals surface area contributed by atoms with Gasteiger partial charge in [-0.1, -0.05) is 66.2 Å². The third-order valence-electron chi connectivity index (χ3n) is 6.86. The number of hydrogen-bond donors (Lipinski definition) is 3. The van der Waals surface area contributed by atoms with Crippen LogP contribution in [0.25, 0.3) is 10.9 Å². The van der Waals surface area contributed by atoms with Crippen molar-refractivity contribution in [3.8, 4) is 5.75 Å². The Hall–Kier alpha value is -4.67. The largest absolute Gasteiger partial charge is 0.483 e. The number of aromatic nitrogens is 1. The lowest BCUT2D eigenvalue weighted by atomic mass is 9.95.